The molecule has 66 valence electrons. The van der Waals surface area contributed by atoms with Crippen molar-refractivity contribution < 1.29 is 23.0 Å². The molecule has 0 saturated carbocycles. The molecule has 7 heteroatoms. The lowest BCUT2D eigenvalue weighted by Crippen LogP contribution is -2.22. The molecule has 0 aliphatic heterocycles. The Hall–Kier alpha value is -0.160. The summed E-state index contributed by atoms with van der Waals surface area (Å²) in [7, 11) is -2.50. The van der Waals surface area contributed by atoms with Gasteiger partial charge in [-0.15, -0.1) is 0 Å². The molecule has 11 heavy (non-hydrogen) atoms. The summed E-state index contributed by atoms with van der Waals surface area (Å²) in [6.45, 7) is -3.18. The summed E-state index contributed by atoms with van der Waals surface area (Å²) in [6.07, 6.45) is -1.40. The van der Waals surface area contributed by atoms with Crippen molar-refractivity contribution >= 4 is 8.03 Å². The van der Waals surface area contributed by atoms with Crippen LogP contribution in [-0.2, 0) is 9.09 Å². The van der Waals surface area contributed by atoms with Crippen molar-refractivity contribution in [1.82, 2.24) is 0 Å². The summed E-state index contributed by atoms with van der Waals surface area (Å²) in [5.74, 6) is 0. The number of rotatable bonds is 5. The number of alkyl halides is 2. The molecular formula is C4H9F2NO3P+. The predicted molar refractivity (Wildman–Crippen MR) is 34.6 cm³/mol. The van der Waals surface area contributed by atoms with E-state index in [2.05, 4.69) is 4.52 Å². The van der Waals surface area contributed by atoms with E-state index in [4.69, 9.17) is 10.8 Å². The Bertz CT molecular complexity index is 135. The molecular weight excluding hydrogens is 179 g/mol. The predicted octanol–water partition coefficient (Wildman–Crippen LogP) is 0.288. The van der Waals surface area contributed by atoms with Gasteiger partial charge in [-0.2, -0.15) is 8.78 Å². The zero-order valence-corrected chi connectivity index (χ0v) is 6.51. The van der Waals surface area contributed by atoms with E-state index >= 15 is 0 Å². The van der Waals surface area contributed by atoms with Crippen LogP contribution >= 0.6 is 8.03 Å². The highest BCUT2D eigenvalue weighted by Gasteiger charge is 2.27. The summed E-state index contributed by atoms with van der Waals surface area (Å²) in [4.78, 5) is 0. The van der Waals surface area contributed by atoms with Gasteiger partial charge in [0.15, 0.2) is 0 Å². The van der Waals surface area contributed by atoms with Crippen LogP contribution in [0.5, 0.6) is 0 Å². The molecule has 0 amide bonds. The highest BCUT2D eigenvalue weighted by Crippen LogP contribution is 2.25. The van der Waals surface area contributed by atoms with Gasteiger partial charge in [-0.05, 0) is 4.57 Å². The molecule has 0 aromatic rings. The first-order valence-corrected chi connectivity index (χ1v) is 4.20. The van der Waals surface area contributed by atoms with E-state index in [0.717, 1.165) is 0 Å². The Morgan fingerprint density at radius 3 is 2.55 bits per heavy atom. The summed E-state index contributed by atoms with van der Waals surface area (Å²) in [5, 5.41) is 8.71. The van der Waals surface area contributed by atoms with E-state index < -0.39 is 20.7 Å². The van der Waals surface area contributed by atoms with Gasteiger partial charge in [0, 0.05) is 6.54 Å². The molecule has 0 fully saturated rings. The van der Waals surface area contributed by atoms with E-state index in [0.29, 0.717) is 0 Å². The van der Waals surface area contributed by atoms with Crippen molar-refractivity contribution in [2.24, 2.45) is 5.73 Å². The largest absolute Gasteiger partial charge is 0.516 e. The van der Waals surface area contributed by atoms with Gasteiger partial charge in [-0.1, -0.05) is 4.52 Å². The first kappa shape index (κ1) is 10.8. The zero-order valence-electron chi connectivity index (χ0n) is 5.61. The van der Waals surface area contributed by atoms with Crippen LogP contribution in [0.1, 0.15) is 0 Å². The van der Waals surface area contributed by atoms with Gasteiger partial charge in [0.25, 0.3) is 0 Å². The van der Waals surface area contributed by atoms with Gasteiger partial charge in [0.05, 0.1) is 0 Å². The molecule has 0 spiro atoms. The van der Waals surface area contributed by atoms with Gasteiger partial charge in [0.1, 0.15) is 6.10 Å². The molecule has 0 aromatic carbocycles. The molecule has 0 rings (SSSR count). The van der Waals surface area contributed by atoms with Crippen LogP contribution in [0.3, 0.4) is 0 Å². The second kappa shape index (κ2) is 5.49. The quantitative estimate of drug-likeness (QED) is 0.608. The smallest absolute Gasteiger partial charge is 0.387 e. The second-order valence-corrected chi connectivity index (χ2v) is 3.01. The van der Waals surface area contributed by atoms with Crippen molar-refractivity contribution in [2.45, 2.75) is 12.7 Å². The minimum atomic E-state index is -3.07. The van der Waals surface area contributed by atoms with Crippen molar-refractivity contribution in [3.63, 3.8) is 0 Å². The monoisotopic (exact) mass is 188 g/mol. The Kier molecular flexibility index (Phi) is 5.41. The molecule has 0 aliphatic rings. The third-order valence-corrected chi connectivity index (χ3v) is 1.94. The van der Waals surface area contributed by atoms with E-state index in [1.807, 2.05) is 0 Å². The van der Waals surface area contributed by atoms with Crippen LogP contribution in [0.2, 0.25) is 0 Å². The number of aliphatic hydroxyl groups is 1. The van der Waals surface area contributed by atoms with Crippen LogP contribution < -0.4 is 5.73 Å². The third-order valence-electron chi connectivity index (χ3n) is 0.829. The lowest BCUT2D eigenvalue weighted by Gasteiger charge is -1.96. The normalized spacial score (nSPS) is 15.2. The van der Waals surface area contributed by atoms with Crippen LogP contribution in [0.4, 0.5) is 8.78 Å². The topological polar surface area (TPSA) is 72.5 Å². The van der Waals surface area contributed by atoms with Crippen LogP contribution in [0.25, 0.3) is 0 Å². The molecule has 3 N–H and O–H groups in total. The molecule has 2 unspecified atom stereocenters. The Morgan fingerprint density at radius 1 is 1.64 bits per heavy atom. The summed E-state index contributed by atoms with van der Waals surface area (Å²) in [6, 6.07) is 0. The van der Waals surface area contributed by atoms with Gasteiger partial charge < -0.3 is 10.8 Å². The number of hydrogen-bond acceptors (Lipinski definition) is 4. The van der Waals surface area contributed by atoms with Gasteiger partial charge >= 0.3 is 14.6 Å². The fraction of sp³-hybridized carbons (Fsp3) is 1.00. The average Bonchev–Trinajstić information content (AvgIpc) is 1.85. The number of aliphatic hydroxyl groups excluding tert-OH is 1. The summed E-state index contributed by atoms with van der Waals surface area (Å²) < 4.78 is 36.7. The fourth-order valence-corrected chi connectivity index (χ4v) is 1.14. The highest BCUT2D eigenvalue weighted by atomic mass is 31.1. The maximum Gasteiger partial charge on any atom is 0.516 e. The molecule has 0 aliphatic carbocycles. The lowest BCUT2D eigenvalue weighted by atomic mass is 10.4. The average molecular weight is 188 g/mol. The van der Waals surface area contributed by atoms with Crippen molar-refractivity contribution in [3.8, 4) is 0 Å². The minimum Gasteiger partial charge on any atom is -0.387 e. The maximum absolute atomic E-state index is 11.3. The van der Waals surface area contributed by atoms with Gasteiger partial charge in [-0.25, -0.2) is 0 Å². The lowest BCUT2D eigenvalue weighted by molar-refractivity contribution is -0.0444. The molecule has 2 atom stereocenters. The van der Waals surface area contributed by atoms with E-state index in [1.165, 1.54) is 0 Å². The van der Waals surface area contributed by atoms with Crippen molar-refractivity contribution in [3.05, 3.63) is 0 Å². The summed E-state index contributed by atoms with van der Waals surface area (Å²) >= 11 is 0. The molecule has 0 heterocycles. The van der Waals surface area contributed by atoms with E-state index in [-0.39, 0.29) is 12.7 Å². The number of nitrogens with two attached hydrogens (primary N) is 1. The van der Waals surface area contributed by atoms with Crippen LogP contribution in [0, 0.1) is 0 Å². The van der Waals surface area contributed by atoms with E-state index in [1.54, 1.807) is 0 Å². The number of halogens is 2. The molecule has 0 saturated heterocycles. The third kappa shape index (κ3) is 6.25. The molecule has 0 bridgehead atoms. The second-order valence-electron chi connectivity index (χ2n) is 1.77. The van der Waals surface area contributed by atoms with Gasteiger partial charge in [-0.3, -0.25) is 0 Å². The van der Waals surface area contributed by atoms with E-state index in [9.17, 15) is 13.3 Å². The molecule has 0 aromatic heterocycles. The standard InChI is InChI=1S/C4H9F2NO3P/c5-4(6)10-11(9)2-3(8)1-7/h3-4,8H,1-2,7H2/q+1. The van der Waals surface area contributed by atoms with Crippen molar-refractivity contribution in [1.29, 1.82) is 0 Å². The molecule has 0 radical (unpaired) electrons. The fourth-order valence-electron chi connectivity index (χ4n) is 0.379. The highest BCUT2D eigenvalue weighted by molar-refractivity contribution is 7.39. The maximum atomic E-state index is 11.3. The Morgan fingerprint density at radius 2 is 2.18 bits per heavy atom. The number of hydrogen-bond donors (Lipinski definition) is 2. The zero-order chi connectivity index (χ0) is 8.85. The van der Waals surface area contributed by atoms with Gasteiger partial charge in [0.2, 0.25) is 6.16 Å². The first-order valence-electron chi connectivity index (χ1n) is 2.84. The minimum absolute atomic E-state index is 0.117. The Labute approximate surface area is 63.2 Å². The SMILES string of the molecule is NCC(O)C[P+](=O)OC(F)F. The molecule has 4 nitrogen and oxygen atoms in total. The van der Waals surface area contributed by atoms with Crippen molar-refractivity contribution in [2.75, 3.05) is 12.7 Å². The van der Waals surface area contributed by atoms with Crippen LogP contribution in [0.15, 0.2) is 0 Å². The first-order chi connectivity index (χ1) is 5.06. The summed E-state index contributed by atoms with van der Waals surface area (Å²) in [5.41, 5.74) is 4.93. The Balaban J connectivity index is 3.52. The van der Waals surface area contributed by atoms with Crippen LogP contribution in [-0.4, -0.2) is 30.5 Å².